The molecule has 0 N–H and O–H groups in total. The minimum absolute atomic E-state index is 0.103. The summed E-state index contributed by atoms with van der Waals surface area (Å²) in [6.45, 7) is 27.3. The second-order valence-electron chi connectivity index (χ2n) is 12.7. The van der Waals surface area contributed by atoms with Gasteiger partial charge in [0, 0.05) is 0 Å². The molecule has 0 aliphatic heterocycles. The van der Waals surface area contributed by atoms with Crippen LogP contribution in [0, 0.1) is 34.5 Å². The Morgan fingerprint density at radius 1 is 0.528 bits per heavy atom. The fourth-order valence-electron chi connectivity index (χ4n) is 4.11. The van der Waals surface area contributed by atoms with Gasteiger partial charge in [0.2, 0.25) is 0 Å². The summed E-state index contributed by atoms with van der Waals surface area (Å²) in [5.41, 5.74) is -1.38. The van der Waals surface area contributed by atoms with Crippen LogP contribution >= 0.6 is 0 Å². The lowest BCUT2D eigenvalue weighted by Crippen LogP contribution is -2.41. The molecule has 0 aliphatic rings. The Hall–Kier alpha value is -1.92. The number of carbonyl (C=O) groups excluding carboxylic acids is 2. The molecule has 0 heterocycles. The fraction of sp³-hybridized carbons (Fsp3) is 0.733. The standard InChI is InChI=1S/C30H50O6/c1-19(2)29(13,20(3)4)25(31)33-35-27(9,10)23-15-17-24(18-16-23)28(11,12)36-34-26(32)30(14,21(5)6)22(7)8/h15-22H,1-14H3. The summed E-state index contributed by atoms with van der Waals surface area (Å²) < 4.78 is 0. The smallest absolute Gasteiger partial charge is 0.297 e. The highest BCUT2D eigenvalue weighted by Crippen LogP contribution is 2.39. The Morgan fingerprint density at radius 3 is 0.944 bits per heavy atom. The normalized spacial score (nSPS) is 13.6. The van der Waals surface area contributed by atoms with E-state index in [1.54, 1.807) is 0 Å². The summed E-state index contributed by atoms with van der Waals surface area (Å²) in [5.74, 6) is -0.332. The quantitative estimate of drug-likeness (QED) is 0.213. The molecule has 36 heavy (non-hydrogen) atoms. The van der Waals surface area contributed by atoms with E-state index in [0.717, 1.165) is 11.1 Å². The van der Waals surface area contributed by atoms with Gasteiger partial charge in [-0.15, -0.1) is 0 Å². The van der Waals surface area contributed by atoms with Crippen molar-refractivity contribution in [2.75, 3.05) is 0 Å². The van der Waals surface area contributed by atoms with Crippen LogP contribution in [0.15, 0.2) is 24.3 Å². The van der Waals surface area contributed by atoms with E-state index in [9.17, 15) is 9.59 Å². The fourth-order valence-corrected chi connectivity index (χ4v) is 4.11. The number of benzene rings is 1. The first-order valence-corrected chi connectivity index (χ1v) is 13.2. The molecule has 0 aromatic heterocycles. The van der Waals surface area contributed by atoms with E-state index in [2.05, 4.69) is 0 Å². The van der Waals surface area contributed by atoms with E-state index in [4.69, 9.17) is 19.6 Å². The van der Waals surface area contributed by atoms with Gasteiger partial charge in [-0.1, -0.05) is 79.7 Å². The van der Waals surface area contributed by atoms with Crippen LogP contribution in [-0.4, -0.2) is 11.9 Å². The average molecular weight is 507 g/mol. The topological polar surface area (TPSA) is 71.1 Å². The van der Waals surface area contributed by atoms with Crippen molar-refractivity contribution in [1.82, 2.24) is 0 Å². The maximum Gasteiger partial charge on any atom is 0.348 e. The largest absolute Gasteiger partial charge is 0.348 e. The van der Waals surface area contributed by atoms with E-state index >= 15 is 0 Å². The molecule has 0 spiro atoms. The molecular formula is C30H50O6. The number of rotatable bonds is 12. The van der Waals surface area contributed by atoms with Gasteiger partial charge in [0.15, 0.2) is 0 Å². The third kappa shape index (κ3) is 6.69. The van der Waals surface area contributed by atoms with Gasteiger partial charge in [-0.25, -0.2) is 9.59 Å². The van der Waals surface area contributed by atoms with Crippen molar-refractivity contribution in [3.05, 3.63) is 35.4 Å². The van der Waals surface area contributed by atoms with E-state index in [0.29, 0.717) is 0 Å². The Balaban J connectivity index is 2.95. The predicted molar refractivity (Wildman–Crippen MR) is 142 cm³/mol. The van der Waals surface area contributed by atoms with Gasteiger partial charge in [0.1, 0.15) is 11.2 Å². The van der Waals surface area contributed by atoms with Crippen LogP contribution in [0.2, 0.25) is 0 Å². The summed E-state index contributed by atoms with van der Waals surface area (Å²) in [4.78, 5) is 47.8. The molecule has 0 amide bonds. The molecule has 0 unspecified atom stereocenters. The molecule has 6 nitrogen and oxygen atoms in total. The highest BCUT2D eigenvalue weighted by atomic mass is 17.2. The molecule has 0 radical (unpaired) electrons. The average Bonchev–Trinajstić information content (AvgIpc) is 2.79. The molecule has 6 heteroatoms. The first kappa shape index (κ1) is 32.1. The summed E-state index contributed by atoms with van der Waals surface area (Å²) >= 11 is 0. The van der Waals surface area contributed by atoms with Crippen LogP contribution in [0.25, 0.3) is 0 Å². The van der Waals surface area contributed by atoms with Crippen molar-refractivity contribution in [3.63, 3.8) is 0 Å². The number of carbonyl (C=O) groups is 2. The van der Waals surface area contributed by atoms with Crippen LogP contribution < -0.4 is 0 Å². The summed E-state index contributed by atoms with van der Waals surface area (Å²) in [6.07, 6.45) is 0. The molecule has 0 saturated carbocycles. The van der Waals surface area contributed by atoms with Gasteiger partial charge >= 0.3 is 11.9 Å². The monoisotopic (exact) mass is 506 g/mol. The maximum absolute atomic E-state index is 12.9. The van der Waals surface area contributed by atoms with E-state index < -0.39 is 22.0 Å². The molecule has 0 saturated heterocycles. The van der Waals surface area contributed by atoms with Crippen molar-refractivity contribution < 1.29 is 29.1 Å². The van der Waals surface area contributed by atoms with Gasteiger partial charge in [-0.05, 0) is 76.3 Å². The van der Waals surface area contributed by atoms with Gasteiger partial charge in [0.25, 0.3) is 0 Å². The van der Waals surface area contributed by atoms with Crippen LogP contribution in [0.3, 0.4) is 0 Å². The molecular weight excluding hydrogens is 456 g/mol. The zero-order valence-corrected chi connectivity index (χ0v) is 25.1. The van der Waals surface area contributed by atoms with E-state index in [-0.39, 0.29) is 35.6 Å². The van der Waals surface area contributed by atoms with Crippen molar-refractivity contribution in [3.8, 4) is 0 Å². The molecule has 0 atom stereocenters. The zero-order valence-electron chi connectivity index (χ0n) is 25.1. The number of hydrogen-bond donors (Lipinski definition) is 0. The lowest BCUT2D eigenvalue weighted by Gasteiger charge is -2.36. The van der Waals surface area contributed by atoms with E-state index in [1.807, 2.05) is 121 Å². The lowest BCUT2D eigenvalue weighted by atomic mass is 9.71. The first-order valence-electron chi connectivity index (χ1n) is 13.2. The van der Waals surface area contributed by atoms with Gasteiger partial charge in [-0.3, -0.25) is 9.78 Å². The van der Waals surface area contributed by atoms with Crippen LogP contribution in [0.5, 0.6) is 0 Å². The Bertz CT molecular complexity index is 788. The summed E-state index contributed by atoms with van der Waals surface area (Å²) in [5, 5.41) is 0. The van der Waals surface area contributed by atoms with Crippen molar-refractivity contribution in [2.45, 2.75) is 108 Å². The lowest BCUT2D eigenvalue weighted by molar-refractivity contribution is -0.338. The molecule has 1 aromatic carbocycles. The Morgan fingerprint density at radius 2 is 0.750 bits per heavy atom. The van der Waals surface area contributed by atoms with Gasteiger partial charge < -0.3 is 0 Å². The van der Waals surface area contributed by atoms with E-state index in [1.165, 1.54) is 0 Å². The third-order valence-electron chi connectivity index (χ3n) is 8.60. The molecule has 1 aromatic rings. The van der Waals surface area contributed by atoms with Gasteiger partial charge in [0.05, 0.1) is 10.8 Å². The minimum Gasteiger partial charge on any atom is -0.297 e. The molecule has 0 aliphatic carbocycles. The first-order chi connectivity index (χ1) is 16.2. The van der Waals surface area contributed by atoms with Crippen LogP contribution in [0.4, 0.5) is 0 Å². The summed E-state index contributed by atoms with van der Waals surface area (Å²) in [7, 11) is 0. The van der Waals surface area contributed by atoms with Crippen molar-refractivity contribution >= 4 is 11.9 Å². The van der Waals surface area contributed by atoms with Crippen LogP contribution in [0.1, 0.15) is 108 Å². The maximum atomic E-state index is 12.9. The SMILES string of the molecule is CC(C)C(C)(C(=O)OOC(C)(C)c1ccc(C(C)(C)OOC(=O)C(C)(C(C)C)C(C)C)cc1)C(C)C. The minimum atomic E-state index is -0.864. The zero-order chi connectivity index (χ0) is 28.3. The highest BCUT2D eigenvalue weighted by Gasteiger charge is 2.44. The molecule has 0 bridgehead atoms. The predicted octanol–water partition coefficient (Wildman–Crippen LogP) is 7.74. The van der Waals surface area contributed by atoms with Crippen molar-refractivity contribution in [1.29, 1.82) is 0 Å². The second kappa shape index (κ2) is 11.6. The van der Waals surface area contributed by atoms with Crippen molar-refractivity contribution in [2.24, 2.45) is 34.5 Å². The van der Waals surface area contributed by atoms with Gasteiger partial charge in [-0.2, -0.15) is 9.78 Å². The summed E-state index contributed by atoms with van der Waals surface area (Å²) in [6, 6.07) is 7.58. The Labute approximate surface area is 219 Å². The third-order valence-corrected chi connectivity index (χ3v) is 8.60. The second-order valence-corrected chi connectivity index (χ2v) is 12.7. The molecule has 206 valence electrons. The molecule has 0 fully saturated rings. The number of hydrogen-bond acceptors (Lipinski definition) is 6. The highest BCUT2D eigenvalue weighted by molar-refractivity contribution is 5.77. The molecule has 1 rings (SSSR count). The van der Waals surface area contributed by atoms with Crippen LogP contribution in [-0.2, 0) is 40.3 Å². The Kier molecular flexibility index (Phi) is 10.4.